The zero-order chi connectivity index (χ0) is 92.4. The van der Waals surface area contributed by atoms with Gasteiger partial charge in [0.2, 0.25) is 0 Å². The topological polar surface area (TPSA) is 206 Å². The first-order valence-corrected chi connectivity index (χ1v) is 49.2. The van der Waals surface area contributed by atoms with Gasteiger partial charge >= 0.3 is 0 Å². The highest BCUT2D eigenvalue weighted by molar-refractivity contribution is 5.90. The lowest BCUT2D eigenvalue weighted by Crippen LogP contribution is -2.55. The van der Waals surface area contributed by atoms with Crippen LogP contribution >= 0.6 is 0 Å². The lowest BCUT2D eigenvalue weighted by molar-refractivity contribution is -0.0399. The highest BCUT2D eigenvalue weighted by atomic mass is 15.1. The van der Waals surface area contributed by atoms with Crippen LogP contribution in [0.5, 0.6) is 0 Å². The SMILES string of the molecule is c1ccc(-c2nc(-c3ccccc3)nc(-c3ccc(-c4ccc5c(c4)C4(c6cc(-c7nccc(-c8nc(-c9ccccc9)nc(-c9ccccc9)n8)n7)ccc6-5)C5CC6CC(C5)CC4C6)cc3)n2)cc1.c1ccc(-c2nc(-c3ccccc3)nc(-c3ccc(-c4ccc5c(c4)C4(c6cc(-c7nccc(-c8nc(-c9ccccc9)nc(-c9ccccc9)n8)n7)ccc6-5)C5CC6CC(C5)CC4C6)cc3)n2)cc1. The van der Waals surface area contributed by atoms with Crippen molar-refractivity contribution in [3.63, 3.8) is 0 Å². The zero-order valence-corrected chi connectivity index (χ0v) is 76.8. The van der Waals surface area contributed by atoms with E-state index in [1.165, 1.54) is 131 Å². The minimum Gasteiger partial charge on any atom is -0.237 e. The summed E-state index contributed by atoms with van der Waals surface area (Å²) in [4.78, 5) is 80.0. The van der Waals surface area contributed by atoms with Gasteiger partial charge < -0.3 is 0 Å². The smallest absolute Gasteiger partial charge is 0.182 e. The van der Waals surface area contributed by atoms with E-state index in [1.807, 2.05) is 267 Å². The molecule has 0 N–H and O–H groups in total. The highest BCUT2D eigenvalue weighted by Gasteiger charge is 2.63. The molecule has 0 unspecified atom stereocenters. The molecule has 16 nitrogen and oxygen atoms in total. The summed E-state index contributed by atoms with van der Waals surface area (Å²) < 4.78 is 0. The van der Waals surface area contributed by atoms with Crippen molar-refractivity contribution in [3.05, 3.63) is 411 Å². The Morgan fingerprint density at radius 2 is 0.336 bits per heavy atom. The van der Waals surface area contributed by atoms with Crippen LogP contribution in [0.2, 0.25) is 0 Å². The molecule has 0 saturated heterocycles. The summed E-state index contributed by atoms with van der Waals surface area (Å²) in [5, 5.41) is 0. The molecule has 0 aliphatic heterocycles. The Bertz CT molecular complexity index is 7400. The Kier molecular flexibility index (Phi) is 20.2. The van der Waals surface area contributed by atoms with Crippen LogP contribution in [0.15, 0.2) is 389 Å². The summed E-state index contributed by atoms with van der Waals surface area (Å²) in [6, 6.07) is 131. The molecule has 6 heterocycles. The van der Waals surface area contributed by atoms with Crippen molar-refractivity contribution in [2.45, 2.75) is 75.0 Å². The van der Waals surface area contributed by atoms with Gasteiger partial charge in [0, 0.05) is 90.0 Å². The predicted octanol–water partition coefficient (Wildman–Crippen LogP) is 27.8. The Morgan fingerprint density at radius 1 is 0.150 bits per heavy atom. The van der Waals surface area contributed by atoms with Gasteiger partial charge in [-0.15, -0.1) is 0 Å². The second kappa shape index (κ2) is 34.2. The summed E-state index contributed by atoms with van der Waals surface area (Å²) in [5.41, 5.74) is 28.8. The number of hydrogen-bond donors (Lipinski definition) is 0. The molecule has 10 aliphatic carbocycles. The summed E-state index contributed by atoms with van der Waals surface area (Å²) in [6.07, 6.45) is 16.8. The minimum absolute atomic E-state index is 0.0718. The maximum atomic E-state index is 5.23. The standard InChI is InChI=1S/2C62H46N8/c2*1-5-13-41(14-6-1)56-65-57(42-15-7-2-8-16-42)67-60(66-56)45-23-21-40(22-24-45)46-25-27-50-51-28-26-47(37-53(51)62(52(50)36-46)48-32-38-31-39(34-48)35-49(62)33-38)55-63-30-29-54(64-55)61-69-58(43-17-9-3-10-18-43)68-59(70-61)44-19-11-4-12-20-44/h2*1-30,36-39,48-49H,31-35H2. The van der Waals surface area contributed by atoms with Gasteiger partial charge in [-0.2, -0.15) is 0 Å². The molecular weight excluding hydrogens is 1710 g/mol. The summed E-state index contributed by atoms with van der Waals surface area (Å²) >= 11 is 0. The van der Waals surface area contributed by atoms with Crippen molar-refractivity contribution in [1.82, 2.24) is 79.7 Å². The monoisotopic (exact) mass is 1800 g/mol. The molecule has 6 aromatic heterocycles. The van der Waals surface area contributed by atoms with E-state index in [4.69, 9.17) is 79.7 Å². The van der Waals surface area contributed by atoms with Crippen LogP contribution in [-0.4, -0.2) is 79.7 Å². The Morgan fingerprint density at radius 3 is 0.564 bits per heavy atom. The lowest BCUT2D eigenvalue weighted by atomic mass is 9.43. The van der Waals surface area contributed by atoms with Crippen LogP contribution in [0.4, 0.5) is 0 Å². The highest BCUT2D eigenvalue weighted by Crippen LogP contribution is 2.72. The van der Waals surface area contributed by atoms with E-state index in [0.717, 1.165) is 90.4 Å². The molecular formula is C124H92N16. The molecule has 16 heteroatoms. The molecule has 0 amide bonds. The van der Waals surface area contributed by atoms with E-state index in [0.29, 0.717) is 117 Å². The molecule has 30 rings (SSSR count). The van der Waals surface area contributed by atoms with E-state index < -0.39 is 0 Å². The van der Waals surface area contributed by atoms with Gasteiger partial charge in [0.1, 0.15) is 11.4 Å². The van der Waals surface area contributed by atoms with Crippen LogP contribution in [-0.2, 0) is 10.8 Å². The van der Waals surface area contributed by atoms with E-state index >= 15 is 0 Å². The normalized spacial score (nSPS) is 20.3. The van der Waals surface area contributed by atoms with E-state index in [2.05, 4.69) is 121 Å². The molecule has 10 aliphatic rings. The molecule has 8 bridgehead atoms. The van der Waals surface area contributed by atoms with Crippen LogP contribution in [0.3, 0.4) is 0 Å². The van der Waals surface area contributed by atoms with Gasteiger partial charge in [-0.3, -0.25) is 0 Å². The second-order valence-corrected chi connectivity index (χ2v) is 39.2. The average molecular weight is 1810 g/mol. The first kappa shape index (κ1) is 82.7. The van der Waals surface area contributed by atoms with Gasteiger partial charge in [-0.1, -0.05) is 340 Å². The third kappa shape index (κ3) is 14.5. The zero-order valence-electron chi connectivity index (χ0n) is 76.8. The quantitative estimate of drug-likeness (QED) is 0.0881. The third-order valence-electron chi connectivity index (χ3n) is 31.3. The Labute approximate surface area is 811 Å². The fourth-order valence-electron chi connectivity index (χ4n) is 25.6. The molecule has 8 saturated carbocycles. The number of rotatable bonds is 16. The summed E-state index contributed by atoms with van der Waals surface area (Å²) in [6.45, 7) is 0. The van der Waals surface area contributed by atoms with Crippen LogP contribution in [0, 0.1) is 47.3 Å². The predicted molar refractivity (Wildman–Crippen MR) is 551 cm³/mol. The molecule has 140 heavy (non-hydrogen) atoms. The maximum Gasteiger partial charge on any atom is 0.182 e. The first-order chi connectivity index (χ1) is 69.2. The van der Waals surface area contributed by atoms with E-state index in [1.54, 1.807) is 0 Å². The van der Waals surface area contributed by atoms with E-state index in [9.17, 15) is 0 Å². The summed E-state index contributed by atoms with van der Waals surface area (Å²) in [7, 11) is 0. The second-order valence-electron chi connectivity index (χ2n) is 39.2. The molecule has 668 valence electrons. The number of benzene rings is 14. The number of fused-ring (bicyclic) bond motifs is 6. The van der Waals surface area contributed by atoms with Crippen molar-refractivity contribution in [2.75, 3.05) is 0 Å². The van der Waals surface area contributed by atoms with Crippen LogP contribution in [0.25, 0.3) is 204 Å². The first-order valence-electron chi connectivity index (χ1n) is 49.2. The van der Waals surface area contributed by atoms with Gasteiger partial charge in [-0.25, -0.2) is 79.7 Å². The molecule has 20 aromatic rings. The molecule has 0 atom stereocenters. The Balaban J connectivity index is 0.000000141. The number of aromatic nitrogens is 16. The largest absolute Gasteiger partial charge is 0.237 e. The summed E-state index contributed by atoms with van der Waals surface area (Å²) in [5.74, 6) is 14.4. The van der Waals surface area contributed by atoms with Crippen molar-refractivity contribution in [3.8, 4) is 204 Å². The van der Waals surface area contributed by atoms with Crippen molar-refractivity contribution in [2.24, 2.45) is 47.3 Å². The fourth-order valence-corrected chi connectivity index (χ4v) is 25.6. The van der Waals surface area contributed by atoms with Gasteiger partial charge in [-0.05, 0) is 215 Å². The fraction of sp³-hybridized carbons (Fsp3) is 0.161. The Hall–Kier alpha value is -16.7. The van der Waals surface area contributed by atoms with E-state index in [-0.39, 0.29) is 10.8 Å². The van der Waals surface area contributed by atoms with Gasteiger partial charge in [0.05, 0.1) is 0 Å². The van der Waals surface area contributed by atoms with Crippen LogP contribution < -0.4 is 0 Å². The van der Waals surface area contributed by atoms with Gasteiger partial charge in [0.15, 0.2) is 81.5 Å². The molecule has 0 radical (unpaired) electrons. The average Bonchev–Trinajstić information content (AvgIpc) is 1.50. The van der Waals surface area contributed by atoms with Crippen molar-refractivity contribution >= 4 is 0 Å². The van der Waals surface area contributed by atoms with Crippen molar-refractivity contribution < 1.29 is 0 Å². The van der Waals surface area contributed by atoms with Crippen molar-refractivity contribution in [1.29, 1.82) is 0 Å². The van der Waals surface area contributed by atoms with Crippen LogP contribution in [0.1, 0.15) is 86.5 Å². The molecule has 14 aromatic carbocycles. The number of nitrogens with zero attached hydrogens (tertiary/aromatic N) is 16. The maximum absolute atomic E-state index is 5.23. The van der Waals surface area contributed by atoms with Gasteiger partial charge in [0.25, 0.3) is 0 Å². The third-order valence-corrected chi connectivity index (χ3v) is 31.3. The molecule has 2 spiro atoms. The molecule has 8 fully saturated rings. The lowest BCUT2D eigenvalue weighted by Gasteiger charge is -2.61. The minimum atomic E-state index is -0.0718. The number of hydrogen-bond acceptors (Lipinski definition) is 16.